The van der Waals surface area contributed by atoms with Crippen LogP contribution in [0.15, 0.2) is 72.8 Å². The lowest BCUT2D eigenvalue weighted by Gasteiger charge is -2.58. The van der Waals surface area contributed by atoms with Crippen molar-refractivity contribution in [3.05, 3.63) is 90.0 Å². The molecule has 3 atom stereocenters. The molecule has 2 fully saturated rings. The number of fused-ring (bicyclic) bond motifs is 1. The highest BCUT2D eigenvalue weighted by Gasteiger charge is 2.54. The van der Waals surface area contributed by atoms with Gasteiger partial charge in [-0.05, 0) is 47.0 Å². The molecule has 0 radical (unpaired) electrons. The van der Waals surface area contributed by atoms with Gasteiger partial charge < -0.3 is 20.2 Å². The maximum Gasteiger partial charge on any atom is 0.322 e. The fourth-order valence-electron chi connectivity index (χ4n) is 4.96. The van der Waals surface area contributed by atoms with Gasteiger partial charge in [-0.15, -0.1) is 0 Å². The number of nitrogens with one attached hydrogen (secondary N) is 1. The minimum Gasteiger partial charge on any atom is -0.394 e. The molecule has 6 nitrogen and oxygen atoms in total. The molecule has 5 rings (SSSR count). The summed E-state index contributed by atoms with van der Waals surface area (Å²) in [4.78, 5) is 28.6. The van der Waals surface area contributed by atoms with E-state index in [0.717, 1.165) is 16.7 Å². The second kappa shape index (κ2) is 8.87. The molecule has 3 amide bonds. The zero-order chi connectivity index (χ0) is 23.8. The van der Waals surface area contributed by atoms with E-state index in [0.29, 0.717) is 12.2 Å². The zero-order valence-corrected chi connectivity index (χ0v) is 18.2. The average Bonchev–Trinajstić information content (AvgIpc) is 2.81. The van der Waals surface area contributed by atoms with Crippen molar-refractivity contribution >= 4 is 17.6 Å². The number of hydrogen-bond acceptors (Lipinski definition) is 3. The van der Waals surface area contributed by atoms with Crippen molar-refractivity contribution in [1.82, 2.24) is 9.80 Å². The van der Waals surface area contributed by atoms with Crippen LogP contribution in [0.3, 0.4) is 0 Å². The topological polar surface area (TPSA) is 72.9 Å². The molecule has 0 saturated carbocycles. The molecule has 2 aliphatic rings. The van der Waals surface area contributed by atoms with Crippen LogP contribution >= 0.6 is 0 Å². The van der Waals surface area contributed by atoms with Gasteiger partial charge in [-0.2, -0.15) is 0 Å². The number of anilines is 1. The van der Waals surface area contributed by atoms with Crippen molar-refractivity contribution < 1.29 is 23.5 Å². The zero-order valence-electron chi connectivity index (χ0n) is 18.2. The van der Waals surface area contributed by atoms with E-state index < -0.39 is 11.8 Å². The fraction of sp³-hybridized carbons (Fsp3) is 0.231. The van der Waals surface area contributed by atoms with Crippen molar-refractivity contribution in [3.8, 4) is 11.1 Å². The molecule has 3 aromatic rings. The van der Waals surface area contributed by atoms with Gasteiger partial charge in [0.2, 0.25) is 5.91 Å². The molecule has 2 aliphatic heterocycles. The first-order chi connectivity index (χ1) is 16.4. The average molecular weight is 463 g/mol. The number of benzene rings is 3. The molecule has 0 aliphatic carbocycles. The Balaban J connectivity index is 1.34. The predicted octanol–water partition coefficient (Wildman–Crippen LogP) is 3.83. The monoisotopic (exact) mass is 463 g/mol. The lowest BCUT2D eigenvalue weighted by Crippen LogP contribution is -2.73. The summed E-state index contributed by atoms with van der Waals surface area (Å²) in [6.45, 7) is 0.0141. The van der Waals surface area contributed by atoms with Gasteiger partial charge in [-0.25, -0.2) is 13.6 Å². The van der Waals surface area contributed by atoms with Gasteiger partial charge >= 0.3 is 6.03 Å². The van der Waals surface area contributed by atoms with Crippen LogP contribution in [0.2, 0.25) is 0 Å². The Morgan fingerprint density at radius 1 is 0.971 bits per heavy atom. The molecule has 174 valence electrons. The number of aliphatic hydroxyl groups excluding tert-OH is 1. The number of urea groups is 1. The number of piperazine rings is 1. The Morgan fingerprint density at radius 3 is 2.29 bits per heavy atom. The molecule has 0 unspecified atom stereocenters. The number of hydrogen-bond donors (Lipinski definition) is 2. The normalized spacial score (nSPS) is 21.6. The van der Waals surface area contributed by atoms with Crippen molar-refractivity contribution in [2.24, 2.45) is 0 Å². The molecule has 2 saturated heterocycles. The predicted molar refractivity (Wildman–Crippen MR) is 123 cm³/mol. The number of rotatable bonds is 4. The molecule has 3 aromatic carbocycles. The molecule has 34 heavy (non-hydrogen) atoms. The highest BCUT2D eigenvalue weighted by atomic mass is 19.1. The van der Waals surface area contributed by atoms with Crippen LogP contribution in [-0.4, -0.2) is 58.6 Å². The smallest absolute Gasteiger partial charge is 0.322 e. The van der Waals surface area contributed by atoms with E-state index in [2.05, 4.69) is 5.32 Å². The highest BCUT2D eigenvalue weighted by Crippen LogP contribution is 2.43. The largest absolute Gasteiger partial charge is 0.394 e. The van der Waals surface area contributed by atoms with E-state index in [4.69, 9.17) is 0 Å². The number of carbonyl (C=O) groups excluding carboxylic acids is 2. The number of halogens is 2. The quantitative estimate of drug-likeness (QED) is 0.618. The second-order valence-electron chi connectivity index (χ2n) is 8.59. The van der Waals surface area contributed by atoms with E-state index >= 15 is 0 Å². The summed E-state index contributed by atoms with van der Waals surface area (Å²) < 4.78 is 26.7. The van der Waals surface area contributed by atoms with E-state index in [1.54, 1.807) is 23.1 Å². The molecule has 0 bridgehead atoms. The number of aliphatic hydroxyl groups is 1. The van der Waals surface area contributed by atoms with Crippen LogP contribution in [0.5, 0.6) is 0 Å². The van der Waals surface area contributed by atoms with Gasteiger partial charge in [-0.3, -0.25) is 4.79 Å². The summed E-state index contributed by atoms with van der Waals surface area (Å²) in [5.74, 6) is -1.13. The lowest BCUT2D eigenvalue weighted by atomic mass is 9.73. The first kappa shape index (κ1) is 22.0. The SMILES string of the molecule is O=C(Nc1cccc(F)c1)N1CC(=O)N2[C@@H](CO)[C@@H](c3ccc(-c4ccc(F)cc4)cc3)[C@@H]2C1. The van der Waals surface area contributed by atoms with Crippen molar-refractivity contribution in [2.45, 2.75) is 18.0 Å². The van der Waals surface area contributed by atoms with Gasteiger partial charge in [0, 0.05) is 18.2 Å². The highest BCUT2D eigenvalue weighted by molar-refractivity contribution is 5.93. The third kappa shape index (κ3) is 4.01. The summed E-state index contributed by atoms with van der Waals surface area (Å²) in [7, 11) is 0. The van der Waals surface area contributed by atoms with E-state index in [1.165, 1.54) is 35.2 Å². The Hall–Kier alpha value is -3.78. The van der Waals surface area contributed by atoms with Crippen molar-refractivity contribution in [2.75, 3.05) is 25.0 Å². The Labute approximate surface area is 195 Å². The minimum atomic E-state index is -0.476. The molecule has 0 aromatic heterocycles. The minimum absolute atomic E-state index is 0.107. The summed E-state index contributed by atoms with van der Waals surface area (Å²) in [6, 6.07) is 18.5. The van der Waals surface area contributed by atoms with Crippen LogP contribution in [0.25, 0.3) is 11.1 Å². The Kier molecular flexibility index (Phi) is 5.75. The molecule has 8 heteroatoms. The van der Waals surface area contributed by atoms with Gasteiger partial charge in [0.15, 0.2) is 0 Å². The van der Waals surface area contributed by atoms with E-state index in [-0.39, 0.29) is 42.9 Å². The third-order valence-corrected chi connectivity index (χ3v) is 6.59. The van der Waals surface area contributed by atoms with Crippen molar-refractivity contribution in [3.63, 3.8) is 0 Å². The number of carbonyl (C=O) groups is 2. The Morgan fingerprint density at radius 2 is 1.65 bits per heavy atom. The van der Waals surface area contributed by atoms with Crippen LogP contribution in [0.4, 0.5) is 19.3 Å². The van der Waals surface area contributed by atoms with Crippen LogP contribution in [0.1, 0.15) is 11.5 Å². The van der Waals surface area contributed by atoms with Gasteiger partial charge in [-0.1, -0.05) is 42.5 Å². The maximum absolute atomic E-state index is 13.5. The van der Waals surface area contributed by atoms with E-state index in [9.17, 15) is 23.5 Å². The molecule has 2 heterocycles. The Bertz CT molecular complexity index is 1220. The van der Waals surface area contributed by atoms with Gasteiger partial charge in [0.05, 0.1) is 18.7 Å². The molecular weight excluding hydrogens is 440 g/mol. The second-order valence-corrected chi connectivity index (χ2v) is 8.59. The van der Waals surface area contributed by atoms with Gasteiger partial charge in [0.1, 0.15) is 18.2 Å². The maximum atomic E-state index is 13.5. The van der Waals surface area contributed by atoms with Crippen LogP contribution in [0, 0.1) is 11.6 Å². The van der Waals surface area contributed by atoms with Crippen molar-refractivity contribution in [1.29, 1.82) is 0 Å². The molecule has 0 spiro atoms. The standard InChI is InChI=1S/C26H23F2N3O3/c27-19-10-8-17(9-11-19)16-4-6-18(7-5-16)25-22-13-30(14-24(33)31(22)23(25)15-32)26(34)29-21-3-1-2-20(28)12-21/h1-12,22-23,25,32H,13-15H2,(H,29,34)/t22-,23-,25-/m0/s1. The third-order valence-electron chi connectivity index (χ3n) is 6.59. The van der Waals surface area contributed by atoms with Gasteiger partial charge in [0.25, 0.3) is 0 Å². The van der Waals surface area contributed by atoms with Crippen LogP contribution in [-0.2, 0) is 4.79 Å². The fourth-order valence-corrected chi connectivity index (χ4v) is 4.96. The summed E-state index contributed by atoms with van der Waals surface area (Å²) in [5.41, 5.74) is 3.08. The number of nitrogens with zero attached hydrogens (tertiary/aromatic N) is 2. The lowest BCUT2D eigenvalue weighted by molar-refractivity contribution is -0.159. The summed E-state index contributed by atoms with van der Waals surface area (Å²) in [5, 5.41) is 12.6. The van der Waals surface area contributed by atoms with E-state index in [1.807, 2.05) is 24.3 Å². The first-order valence-electron chi connectivity index (χ1n) is 11.0. The summed E-state index contributed by atoms with van der Waals surface area (Å²) >= 11 is 0. The number of amides is 3. The summed E-state index contributed by atoms with van der Waals surface area (Å²) in [6.07, 6.45) is 0. The molecular formula is C26H23F2N3O3. The molecule has 2 N–H and O–H groups in total. The first-order valence-corrected chi connectivity index (χ1v) is 11.0. The van der Waals surface area contributed by atoms with Crippen LogP contribution < -0.4 is 5.32 Å².